The Kier molecular flexibility index (Phi) is 3.29. The highest BCUT2D eigenvalue weighted by molar-refractivity contribution is 5.88. The largest absolute Gasteiger partial charge is 0.381 e. The Morgan fingerprint density at radius 3 is 2.89 bits per heavy atom. The summed E-state index contributed by atoms with van der Waals surface area (Å²) in [6.45, 7) is 2.02. The molecule has 1 aromatic carbocycles. The van der Waals surface area contributed by atoms with E-state index in [4.69, 9.17) is 4.74 Å². The lowest BCUT2D eigenvalue weighted by Gasteiger charge is -2.32. The van der Waals surface area contributed by atoms with Gasteiger partial charge in [-0.05, 0) is 18.6 Å². The monoisotopic (exact) mass is 261 g/mol. The summed E-state index contributed by atoms with van der Waals surface area (Å²) in [4.78, 5) is 14.3. The maximum Gasteiger partial charge on any atom is 0.246 e. The van der Waals surface area contributed by atoms with Crippen molar-refractivity contribution in [2.45, 2.75) is 18.5 Å². The van der Waals surface area contributed by atoms with Crippen LogP contribution in [0, 0.1) is 0 Å². The molecule has 2 unspecified atom stereocenters. The molecule has 2 atom stereocenters. The Balaban J connectivity index is 1.68. The number of rotatable bonds is 2. The third kappa shape index (κ3) is 2.38. The first-order chi connectivity index (χ1) is 9.25. The first-order valence-corrected chi connectivity index (χ1v) is 6.69. The van der Waals surface area contributed by atoms with Crippen LogP contribution in [0.25, 0.3) is 0 Å². The number of fused-ring (bicyclic) bond motifs is 1. The average molecular weight is 261 g/mol. The van der Waals surface area contributed by atoms with E-state index in [9.17, 15) is 4.79 Å². The van der Waals surface area contributed by atoms with E-state index in [0.29, 0.717) is 13.2 Å². The fraction of sp³-hybridized carbons (Fsp3) is 0.500. The van der Waals surface area contributed by atoms with Crippen LogP contribution in [-0.4, -0.2) is 49.7 Å². The SMILES string of the molecule is CN(C(=O)C1CNc2ccccc2N1)C1CCOC1. The minimum atomic E-state index is -0.208. The second kappa shape index (κ2) is 5.09. The van der Waals surface area contributed by atoms with Crippen LogP contribution in [0.2, 0.25) is 0 Å². The molecule has 0 aromatic heterocycles. The van der Waals surface area contributed by atoms with Crippen molar-refractivity contribution in [2.24, 2.45) is 0 Å². The van der Waals surface area contributed by atoms with Gasteiger partial charge in [0.05, 0.1) is 24.0 Å². The van der Waals surface area contributed by atoms with Crippen LogP contribution in [0.15, 0.2) is 24.3 Å². The summed E-state index contributed by atoms with van der Waals surface area (Å²) in [6, 6.07) is 7.96. The molecule has 1 aromatic rings. The van der Waals surface area contributed by atoms with Gasteiger partial charge < -0.3 is 20.3 Å². The van der Waals surface area contributed by atoms with Crippen LogP contribution in [0.3, 0.4) is 0 Å². The summed E-state index contributed by atoms with van der Waals surface area (Å²) in [7, 11) is 1.86. The first kappa shape index (κ1) is 12.3. The molecule has 0 bridgehead atoms. The van der Waals surface area contributed by atoms with Crippen LogP contribution in [0.5, 0.6) is 0 Å². The number of hydrogen-bond acceptors (Lipinski definition) is 4. The van der Waals surface area contributed by atoms with Gasteiger partial charge in [-0.25, -0.2) is 0 Å². The fourth-order valence-corrected chi connectivity index (χ4v) is 2.62. The smallest absolute Gasteiger partial charge is 0.246 e. The van der Waals surface area contributed by atoms with Crippen LogP contribution < -0.4 is 10.6 Å². The molecular weight excluding hydrogens is 242 g/mol. The van der Waals surface area contributed by atoms with E-state index in [-0.39, 0.29) is 18.0 Å². The van der Waals surface area contributed by atoms with Crippen molar-refractivity contribution in [3.63, 3.8) is 0 Å². The van der Waals surface area contributed by atoms with Gasteiger partial charge in [0.1, 0.15) is 6.04 Å². The third-order valence-corrected chi connectivity index (χ3v) is 3.85. The molecular formula is C14H19N3O2. The number of carbonyl (C=O) groups is 1. The quantitative estimate of drug-likeness (QED) is 0.838. The van der Waals surface area contributed by atoms with Gasteiger partial charge in [0.15, 0.2) is 0 Å². The average Bonchev–Trinajstić information content (AvgIpc) is 2.99. The second-order valence-electron chi connectivity index (χ2n) is 5.09. The Labute approximate surface area is 112 Å². The predicted octanol–water partition coefficient (Wildman–Crippen LogP) is 1.14. The molecule has 1 saturated heterocycles. The maximum atomic E-state index is 12.5. The molecule has 102 valence electrons. The van der Waals surface area contributed by atoms with E-state index in [1.807, 2.05) is 36.2 Å². The number of carbonyl (C=O) groups excluding carboxylic acids is 1. The first-order valence-electron chi connectivity index (χ1n) is 6.69. The van der Waals surface area contributed by atoms with Crippen molar-refractivity contribution in [1.82, 2.24) is 4.90 Å². The maximum absolute atomic E-state index is 12.5. The summed E-state index contributed by atoms with van der Waals surface area (Å²) in [5.41, 5.74) is 2.04. The van der Waals surface area contributed by atoms with Gasteiger partial charge in [0, 0.05) is 20.2 Å². The minimum Gasteiger partial charge on any atom is -0.381 e. The van der Waals surface area contributed by atoms with E-state index in [0.717, 1.165) is 24.4 Å². The molecule has 0 spiro atoms. The van der Waals surface area contributed by atoms with Crippen molar-refractivity contribution in [1.29, 1.82) is 0 Å². The zero-order valence-corrected chi connectivity index (χ0v) is 11.1. The van der Waals surface area contributed by atoms with Crippen LogP contribution in [0.1, 0.15) is 6.42 Å². The molecule has 1 amide bonds. The molecule has 0 saturated carbocycles. The molecule has 5 nitrogen and oxygen atoms in total. The zero-order chi connectivity index (χ0) is 13.2. The molecule has 0 aliphatic carbocycles. The molecule has 3 rings (SSSR count). The van der Waals surface area contributed by atoms with Gasteiger partial charge >= 0.3 is 0 Å². The highest BCUT2D eigenvalue weighted by atomic mass is 16.5. The number of nitrogens with zero attached hydrogens (tertiary/aromatic N) is 1. The van der Waals surface area contributed by atoms with Crippen LogP contribution >= 0.6 is 0 Å². The van der Waals surface area contributed by atoms with E-state index in [2.05, 4.69) is 10.6 Å². The van der Waals surface area contributed by atoms with E-state index in [1.54, 1.807) is 0 Å². The minimum absolute atomic E-state index is 0.123. The summed E-state index contributed by atoms with van der Waals surface area (Å²) in [5.74, 6) is 0.123. The Hall–Kier alpha value is -1.75. The highest BCUT2D eigenvalue weighted by Crippen LogP contribution is 2.26. The lowest BCUT2D eigenvalue weighted by Crippen LogP contribution is -2.50. The number of anilines is 2. The number of benzene rings is 1. The van der Waals surface area contributed by atoms with Crippen LogP contribution in [0.4, 0.5) is 11.4 Å². The molecule has 1 fully saturated rings. The second-order valence-corrected chi connectivity index (χ2v) is 5.09. The van der Waals surface area contributed by atoms with Crippen molar-refractivity contribution < 1.29 is 9.53 Å². The highest BCUT2D eigenvalue weighted by Gasteiger charge is 2.31. The van der Waals surface area contributed by atoms with Crippen molar-refractivity contribution in [3.8, 4) is 0 Å². The summed E-state index contributed by atoms with van der Waals surface area (Å²) >= 11 is 0. The number of nitrogens with one attached hydrogen (secondary N) is 2. The van der Waals surface area contributed by atoms with Gasteiger partial charge in [-0.1, -0.05) is 12.1 Å². The molecule has 2 aliphatic heterocycles. The van der Waals surface area contributed by atoms with Gasteiger partial charge in [-0.2, -0.15) is 0 Å². The van der Waals surface area contributed by atoms with Crippen molar-refractivity contribution in [2.75, 3.05) is 37.4 Å². The molecule has 2 heterocycles. The Morgan fingerprint density at radius 1 is 1.37 bits per heavy atom. The molecule has 0 radical (unpaired) electrons. The molecule has 19 heavy (non-hydrogen) atoms. The summed E-state index contributed by atoms with van der Waals surface area (Å²) in [6.07, 6.45) is 0.930. The normalized spacial score (nSPS) is 25.1. The summed E-state index contributed by atoms with van der Waals surface area (Å²) < 4.78 is 5.34. The predicted molar refractivity (Wildman–Crippen MR) is 74.3 cm³/mol. The zero-order valence-electron chi connectivity index (χ0n) is 11.1. The van der Waals surface area contributed by atoms with Crippen molar-refractivity contribution >= 4 is 17.3 Å². The van der Waals surface area contributed by atoms with E-state index in [1.165, 1.54) is 0 Å². The van der Waals surface area contributed by atoms with Crippen LogP contribution in [-0.2, 0) is 9.53 Å². The third-order valence-electron chi connectivity index (χ3n) is 3.85. The number of para-hydroxylation sites is 2. The van der Waals surface area contributed by atoms with Gasteiger partial charge in [0.25, 0.3) is 0 Å². The number of amides is 1. The number of hydrogen-bond donors (Lipinski definition) is 2. The number of ether oxygens (including phenoxy) is 1. The van der Waals surface area contributed by atoms with Gasteiger partial charge in [-0.15, -0.1) is 0 Å². The fourth-order valence-electron chi connectivity index (χ4n) is 2.62. The van der Waals surface area contributed by atoms with Gasteiger partial charge in [-0.3, -0.25) is 4.79 Å². The van der Waals surface area contributed by atoms with E-state index < -0.39 is 0 Å². The Morgan fingerprint density at radius 2 is 2.16 bits per heavy atom. The molecule has 2 N–H and O–H groups in total. The number of likely N-dealkylation sites (N-methyl/N-ethyl adjacent to an activating group) is 1. The van der Waals surface area contributed by atoms with Crippen molar-refractivity contribution in [3.05, 3.63) is 24.3 Å². The van der Waals surface area contributed by atoms with Gasteiger partial charge in [0.2, 0.25) is 5.91 Å². The lowest BCUT2D eigenvalue weighted by molar-refractivity contribution is -0.132. The molecule has 5 heteroatoms. The standard InChI is InChI=1S/C14H19N3O2/c1-17(10-6-7-19-9-10)14(18)13-8-15-11-4-2-3-5-12(11)16-13/h2-5,10,13,15-16H,6-9H2,1H3. The topological polar surface area (TPSA) is 53.6 Å². The van der Waals surface area contributed by atoms with E-state index >= 15 is 0 Å². The lowest BCUT2D eigenvalue weighted by atomic mass is 10.1. The Bertz CT molecular complexity index is 472. The summed E-state index contributed by atoms with van der Waals surface area (Å²) in [5, 5.41) is 6.60. The molecule has 2 aliphatic rings.